The van der Waals surface area contributed by atoms with E-state index in [1.54, 1.807) is 0 Å². The van der Waals surface area contributed by atoms with Crippen LogP contribution < -0.4 is 16.8 Å². The van der Waals surface area contributed by atoms with Crippen molar-refractivity contribution in [2.24, 2.45) is 16.5 Å². The summed E-state index contributed by atoms with van der Waals surface area (Å²) in [6.07, 6.45) is 8.18. The van der Waals surface area contributed by atoms with Gasteiger partial charge >= 0.3 is 0 Å². The lowest BCUT2D eigenvalue weighted by Crippen LogP contribution is -2.22. The summed E-state index contributed by atoms with van der Waals surface area (Å²) >= 11 is 5.99. The summed E-state index contributed by atoms with van der Waals surface area (Å²) in [7, 11) is 0. The number of nitrogens with one attached hydrogen (secondary N) is 1. The van der Waals surface area contributed by atoms with E-state index in [1.807, 2.05) is 36.4 Å². The summed E-state index contributed by atoms with van der Waals surface area (Å²) < 4.78 is 0. The molecule has 6 nitrogen and oxygen atoms in total. The number of guanidine groups is 1. The number of nitrogens with two attached hydrogens (primary N) is 2. The Bertz CT molecular complexity index is 1100. The molecule has 0 amide bonds. The SMILES string of the molecule is CC(C)c1ccc2nc(C=Cc3ccc(Cl)cc3)nc(NCCCCCCN=C(N)N)c2c1. The van der Waals surface area contributed by atoms with Crippen molar-refractivity contribution in [1.82, 2.24) is 9.97 Å². The van der Waals surface area contributed by atoms with Crippen LogP contribution in [0.2, 0.25) is 5.02 Å². The molecule has 33 heavy (non-hydrogen) atoms. The van der Waals surface area contributed by atoms with Crippen molar-refractivity contribution in [3.05, 3.63) is 64.4 Å². The molecule has 1 aromatic heterocycles. The Morgan fingerprint density at radius 3 is 2.48 bits per heavy atom. The third-order valence-corrected chi connectivity index (χ3v) is 5.62. The predicted octanol–water partition coefficient (Wildman–Crippen LogP) is 5.82. The summed E-state index contributed by atoms with van der Waals surface area (Å²) in [5, 5.41) is 5.31. The number of benzene rings is 2. The van der Waals surface area contributed by atoms with Gasteiger partial charge in [0, 0.05) is 23.5 Å². The van der Waals surface area contributed by atoms with Gasteiger partial charge in [-0.1, -0.05) is 62.6 Å². The molecule has 0 aliphatic heterocycles. The normalized spacial score (nSPS) is 11.4. The number of unbranched alkanes of at least 4 members (excludes halogenated alkanes) is 3. The van der Waals surface area contributed by atoms with Crippen LogP contribution in [0.25, 0.3) is 23.1 Å². The van der Waals surface area contributed by atoms with E-state index in [1.165, 1.54) is 5.56 Å². The highest BCUT2D eigenvalue weighted by Gasteiger charge is 2.09. The molecule has 1 heterocycles. The number of halogens is 1. The van der Waals surface area contributed by atoms with Crippen molar-refractivity contribution in [1.29, 1.82) is 0 Å². The molecular formula is C26H33ClN6. The van der Waals surface area contributed by atoms with Crippen LogP contribution in [-0.4, -0.2) is 29.0 Å². The van der Waals surface area contributed by atoms with Gasteiger partial charge in [-0.25, -0.2) is 9.97 Å². The number of hydrogen-bond acceptors (Lipinski definition) is 4. The molecule has 5 N–H and O–H groups in total. The Kier molecular flexibility index (Phi) is 9.07. The highest BCUT2D eigenvalue weighted by Crippen LogP contribution is 2.26. The van der Waals surface area contributed by atoms with Crippen molar-refractivity contribution < 1.29 is 0 Å². The van der Waals surface area contributed by atoms with E-state index in [-0.39, 0.29) is 5.96 Å². The second-order valence-electron chi connectivity index (χ2n) is 8.39. The van der Waals surface area contributed by atoms with Crippen molar-refractivity contribution in [3.63, 3.8) is 0 Å². The van der Waals surface area contributed by atoms with Gasteiger partial charge in [0.1, 0.15) is 5.82 Å². The lowest BCUT2D eigenvalue weighted by molar-refractivity contribution is 0.661. The first-order valence-corrected chi connectivity index (χ1v) is 11.8. The maximum atomic E-state index is 5.99. The maximum absolute atomic E-state index is 5.99. The third-order valence-electron chi connectivity index (χ3n) is 5.37. The number of anilines is 1. The number of aliphatic imine (C=N–C) groups is 1. The number of rotatable bonds is 11. The van der Waals surface area contributed by atoms with Gasteiger partial charge in [-0.15, -0.1) is 0 Å². The van der Waals surface area contributed by atoms with Gasteiger partial charge in [-0.2, -0.15) is 0 Å². The van der Waals surface area contributed by atoms with E-state index in [2.05, 4.69) is 42.4 Å². The quantitative estimate of drug-likeness (QED) is 0.188. The molecule has 0 aliphatic carbocycles. The second-order valence-corrected chi connectivity index (χ2v) is 8.83. The first-order valence-electron chi connectivity index (χ1n) is 11.5. The highest BCUT2D eigenvalue weighted by atomic mass is 35.5. The van der Waals surface area contributed by atoms with E-state index < -0.39 is 0 Å². The first kappa shape index (κ1) is 24.5. The van der Waals surface area contributed by atoms with Crippen LogP contribution in [0.5, 0.6) is 0 Å². The zero-order valence-electron chi connectivity index (χ0n) is 19.4. The van der Waals surface area contributed by atoms with E-state index >= 15 is 0 Å². The standard InChI is InChI=1S/C26H33ClN6/c1-18(2)20-10-13-23-22(17-20)25(30-15-5-3-4-6-16-31-26(28)29)33-24(32-23)14-9-19-7-11-21(27)12-8-19/h7-14,17-18H,3-6,15-16H2,1-2H3,(H4,28,29,31)(H,30,32,33). The average Bonchev–Trinajstić information content (AvgIpc) is 2.79. The molecule has 0 radical (unpaired) electrons. The Morgan fingerprint density at radius 1 is 1.00 bits per heavy atom. The fourth-order valence-electron chi connectivity index (χ4n) is 3.48. The molecule has 174 valence electrons. The zero-order valence-corrected chi connectivity index (χ0v) is 20.1. The van der Waals surface area contributed by atoms with Crippen LogP contribution in [0.3, 0.4) is 0 Å². The van der Waals surface area contributed by atoms with Gasteiger partial charge in [-0.05, 0) is 60.2 Å². The minimum absolute atomic E-state index is 0.161. The van der Waals surface area contributed by atoms with Crippen LogP contribution in [0.15, 0.2) is 47.5 Å². The number of fused-ring (bicyclic) bond motifs is 1. The molecule has 3 rings (SSSR count). The van der Waals surface area contributed by atoms with E-state index in [4.69, 9.17) is 33.0 Å². The Hall–Kier alpha value is -3.12. The van der Waals surface area contributed by atoms with Crippen LogP contribution in [-0.2, 0) is 0 Å². The molecule has 2 aromatic carbocycles. The first-order chi connectivity index (χ1) is 15.9. The van der Waals surface area contributed by atoms with E-state index in [0.29, 0.717) is 18.3 Å². The molecule has 0 spiro atoms. The third kappa shape index (κ3) is 7.75. The summed E-state index contributed by atoms with van der Waals surface area (Å²) in [6.45, 7) is 5.93. The molecule has 0 fully saturated rings. The molecule has 0 saturated heterocycles. The zero-order chi connectivity index (χ0) is 23.6. The molecule has 0 aliphatic rings. The van der Waals surface area contributed by atoms with Gasteiger partial charge in [0.25, 0.3) is 0 Å². The summed E-state index contributed by atoms with van der Waals surface area (Å²) in [5.41, 5.74) is 14.0. The molecule has 0 bridgehead atoms. The molecule has 3 aromatic rings. The van der Waals surface area contributed by atoms with Gasteiger partial charge in [0.2, 0.25) is 0 Å². The van der Waals surface area contributed by atoms with Crippen molar-refractivity contribution in [2.75, 3.05) is 18.4 Å². The molecule has 0 saturated carbocycles. The van der Waals surface area contributed by atoms with Crippen molar-refractivity contribution >= 4 is 46.4 Å². The minimum atomic E-state index is 0.161. The summed E-state index contributed by atoms with van der Waals surface area (Å²) in [4.78, 5) is 13.6. The van der Waals surface area contributed by atoms with Crippen LogP contribution in [0.1, 0.15) is 62.4 Å². The van der Waals surface area contributed by atoms with Crippen LogP contribution in [0, 0.1) is 0 Å². The Morgan fingerprint density at radius 2 is 1.76 bits per heavy atom. The molecular weight excluding hydrogens is 432 g/mol. The van der Waals surface area contributed by atoms with Crippen LogP contribution >= 0.6 is 11.6 Å². The molecule has 0 atom stereocenters. The monoisotopic (exact) mass is 464 g/mol. The maximum Gasteiger partial charge on any atom is 0.185 e. The number of nitrogens with zero attached hydrogens (tertiary/aromatic N) is 3. The predicted molar refractivity (Wildman–Crippen MR) is 142 cm³/mol. The van der Waals surface area contributed by atoms with Gasteiger partial charge in [0.05, 0.1) is 5.52 Å². The Labute approximate surface area is 201 Å². The average molecular weight is 465 g/mol. The second kappa shape index (κ2) is 12.2. The fourth-order valence-corrected chi connectivity index (χ4v) is 3.61. The lowest BCUT2D eigenvalue weighted by Gasteiger charge is -2.12. The van der Waals surface area contributed by atoms with E-state index in [9.17, 15) is 0 Å². The summed E-state index contributed by atoms with van der Waals surface area (Å²) in [6, 6.07) is 14.1. The lowest BCUT2D eigenvalue weighted by atomic mass is 10.0. The van der Waals surface area contributed by atoms with Gasteiger partial charge < -0.3 is 16.8 Å². The van der Waals surface area contributed by atoms with Crippen molar-refractivity contribution in [2.45, 2.75) is 45.4 Å². The van der Waals surface area contributed by atoms with E-state index in [0.717, 1.165) is 59.5 Å². The molecule has 0 unspecified atom stereocenters. The number of hydrogen-bond donors (Lipinski definition) is 3. The Balaban J connectivity index is 1.72. The minimum Gasteiger partial charge on any atom is -0.370 e. The topological polar surface area (TPSA) is 102 Å². The largest absolute Gasteiger partial charge is 0.370 e. The van der Waals surface area contributed by atoms with Crippen molar-refractivity contribution in [3.8, 4) is 0 Å². The fraction of sp³-hybridized carbons (Fsp3) is 0.346. The highest BCUT2D eigenvalue weighted by molar-refractivity contribution is 6.30. The number of aromatic nitrogens is 2. The smallest absolute Gasteiger partial charge is 0.185 e. The molecule has 7 heteroatoms. The van der Waals surface area contributed by atoms with Crippen LogP contribution in [0.4, 0.5) is 5.82 Å². The van der Waals surface area contributed by atoms with Gasteiger partial charge in [-0.3, -0.25) is 4.99 Å². The van der Waals surface area contributed by atoms with Gasteiger partial charge in [0.15, 0.2) is 11.8 Å². The summed E-state index contributed by atoms with van der Waals surface area (Å²) in [5.74, 6) is 2.15.